The van der Waals surface area contributed by atoms with Gasteiger partial charge in [0.05, 0.1) is 10.8 Å². The molecule has 1 unspecified atom stereocenters. The molecule has 2 aliphatic heterocycles. The first-order valence-electron chi connectivity index (χ1n) is 10.9. The Balaban J connectivity index is 1.29. The van der Waals surface area contributed by atoms with Crippen molar-refractivity contribution < 1.29 is 22.0 Å². The van der Waals surface area contributed by atoms with E-state index in [1.165, 1.54) is 18.2 Å². The number of carbonyl (C=O) groups excluding carboxylic acids is 1. The van der Waals surface area contributed by atoms with Gasteiger partial charge >= 0.3 is 0 Å². The third-order valence-corrected chi connectivity index (χ3v) is 7.45. The van der Waals surface area contributed by atoms with Crippen molar-refractivity contribution >= 4 is 27.3 Å². The zero-order valence-corrected chi connectivity index (χ0v) is 19.2. The summed E-state index contributed by atoms with van der Waals surface area (Å²) in [7, 11) is -3.87. The fourth-order valence-electron chi connectivity index (χ4n) is 4.71. The molecular formula is C25H23F2N3O3S. The van der Waals surface area contributed by atoms with Crippen LogP contribution in [-0.4, -0.2) is 33.5 Å². The van der Waals surface area contributed by atoms with E-state index in [0.717, 1.165) is 23.4 Å². The first-order chi connectivity index (χ1) is 16.1. The van der Waals surface area contributed by atoms with Crippen molar-refractivity contribution in [3.63, 3.8) is 0 Å². The smallest absolute Gasteiger partial charge is 0.238 e. The van der Waals surface area contributed by atoms with Crippen LogP contribution in [0, 0.1) is 17.6 Å². The number of anilines is 2. The first kappa shape index (κ1) is 22.5. The van der Waals surface area contributed by atoms with E-state index in [0.29, 0.717) is 30.8 Å². The quantitative estimate of drug-likeness (QED) is 0.614. The highest BCUT2D eigenvalue weighted by Gasteiger charge is 2.40. The van der Waals surface area contributed by atoms with Crippen LogP contribution in [0.3, 0.4) is 0 Å². The highest BCUT2D eigenvalue weighted by Crippen LogP contribution is 2.37. The van der Waals surface area contributed by atoms with E-state index >= 15 is 0 Å². The molecule has 0 spiro atoms. The molecule has 1 fully saturated rings. The van der Waals surface area contributed by atoms with Crippen LogP contribution in [0.15, 0.2) is 65.6 Å². The van der Waals surface area contributed by atoms with Gasteiger partial charge in [0, 0.05) is 36.1 Å². The van der Waals surface area contributed by atoms with Crippen LogP contribution in [0.4, 0.5) is 20.2 Å². The van der Waals surface area contributed by atoms with Crippen LogP contribution in [0.25, 0.3) is 11.1 Å². The van der Waals surface area contributed by atoms with Crippen molar-refractivity contribution in [1.29, 1.82) is 0 Å². The molecule has 2 N–H and O–H groups in total. The molecular weight excluding hydrogens is 460 g/mol. The number of benzene rings is 3. The van der Waals surface area contributed by atoms with Crippen LogP contribution in [0.2, 0.25) is 0 Å². The third-order valence-electron chi connectivity index (χ3n) is 6.54. The topological polar surface area (TPSA) is 83.7 Å². The van der Waals surface area contributed by atoms with Gasteiger partial charge < -0.3 is 9.80 Å². The van der Waals surface area contributed by atoms with E-state index in [-0.39, 0.29) is 28.3 Å². The Morgan fingerprint density at radius 1 is 1.00 bits per heavy atom. The molecule has 1 atom stereocenters. The van der Waals surface area contributed by atoms with Gasteiger partial charge in [0.25, 0.3) is 0 Å². The van der Waals surface area contributed by atoms with Crippen molar-refractivity contribution in [1.82, 2.24) is 0 Å². The maximum Gasteiger partial charge on any atom is 0.238 e. The fourth-order valence-corrected chi connectivity index (χ4v) is 5.25. The average Bonchev–Trinajstić information content (AvgIpc) is 3.09. The first-order valence-corrected chi connectivity index (χ1v) is 12.5. The highest BCUT2D eigenvalue weighted by molar-refractivity contribution is 7.89. The number of hydrogen-bond donors (Lipinski definition) is 1. The molecule has 176 valence electrons. The highest BCUT2D eigenvalue weighted by atomic mass is 32.2. The molecule has 6 nitrogen and oxygen atoms in total. The minimum atomic E-state index is -3.87. The molecule has 34 heavy (non-hydrogen) atoms. The summed E-state index contributed by atoms with van der Waals surface area (Å²) >= 11 is 0. The van der Waals surface area contributed by atoms with Gasteiger partial charge in [-0.3, -0.25) is 4.79 Å². The van der Waals surface area contributed by atoms with Crippen molar-refractivity contribution in [2.75, 3.05) is 22.9 Å². The predicted octanol–water partition coefficient (Wildman–Crippen LogP) is 3.69. The number of primary sulfonamides is 1. The Morgan fingerprint density at radius 2 is 1.71 bits per heavy atom. The molecule has 0 radical (unpaired) electrons. The molecule has 2 heterocycles. The molecule has 0 bridgehead atoms. The number of nitrogens with two attached hydrogens (primary N) is 1. The molecule has 0 saturated carbocycles. The Kier molecular flexibility index (Phi) is 5.41. The standard InChI is InChI=1S/C25H23F2N3O3S/c1-15-10-17-4-8-21(34(28,32)33)12-24(17)30(15)25(31)18-13-29(14-18)20-6-2-16(3-7-20)22-11-19(26)5-9-23(22)27/h2-9,11-12,15,18H,10,13-14H2,1H3,(H2,28,32,33). The summed E-state index contributed by atoms with van der Waals surface area (Å²) in [5.74, 6) is -1.27. The molecule has 0 aliphatic carbocycles. The van der Waals surface area contributed by atoms with Crippen LogP contribution >= 0.6 is 0 Å². The lowest BCUT2D eigenvalue weighted by atomic mass is 9.96. The molecule has 0 aromatic heterocycles. The summed E-state index contributed by atoms with van der Waals surface area (Å²) in [5.41, 5.74) is 3.18. The summed E-state index contributed by atoms with van der Waals surface area (Å²) in [5, 5.41) is 5.27. The van der Waals surface area contributed by atoms with Crippen LogP contribution in [0.1, 0.15) is 12.5 Å². The number of rotatable bonds is 4. The van der Waals surface area contributed by atoms with Crippen molar-refractivity contribution in [3.8, 4) is 11.1 Å². The minimum Gasteiger partial charge on any atom is -0.370 e. The molecule has 2 aliphatic rings. The molecule has 9 heteroatoms. The number of fused-ring (bicyclic) bond motifs is 1. The summed E-state index contributed by atoms with van der Waals surface area (Å²) in [6, 6.07) is 15.1. The maximum absolute atomic E-state index is 14.0. The lowest BCUT2D eigenvalue weighted by Gasteiger charge is -2.42. The molecule has 5 rings (SSSR count). The van der Waals surface area contributed by atoms with Gasteiger partial charge in [-0.25, -0.2) is 22.3 Å². The van der Waals surface area contributed by atoms with Gasteiger partial charge in [-0.05, 0) is 66.9 Å². The van der Waals surface area contributed by atoms with Crippen LogP contribution in [0.5, 0.6) is 0 Å². The largest absolute Gasteiger partial charge is 0.370 e. The summed E-state index contributed by atoms with van der Waals surface area (Å²) in [6.45, 7) is 2.97. The Morgan fingerprint density at radius 3 is 2.38 bits per heavy atom. The number of nitrogens with zero attached hydrogens (tertiary/aromatic N) is 2. The van der Waals surface area contributed by atoms with E-state index in [9.17, 15) is 22.0 Å². The Bertz CT molecular complexity index is 1390. The van der Waals surface area contributed by atoms with Gasteiger partial charge in [-0.1, -0.05) is 18.2 Å². The number of amides is 1. The van der Waals surface area contributed by atoms with Gasteiger partial charge in [0.15, 0.2) is 0 Å². The second-order valence-corrected chi connectivity index (χ2v) is 10.4. The van der Waals surface area contributed by atoms with E-state index in [2.05, 4.69) is 0 Å². The lowest BCUT2D eigenvalue weighted by Crippen LogP contribution is -2.55. The number of halogens is 2. The van der Waals surface area contributed by atoms with Crippen LogP contribution in [-0.2, 0) is 21.2 Å². The van der Waals surface area contributed by atoms with E-state index in [1.807, 2.05) is 24.0 Å². The number of hydrogen-bond acceptors (Lipinski definition) is 4. The van der Waals surface area contributed by atoms with E-state index in [1.54, 1.807) is 23.1 Å². The maximum atomic E-state index is 14.0. The summed E-state index contributed by atoms with van der Waals surface area (Å²) in [4.78, 5) is 17.0. The van der Waals surface area contributed by atoms with Gasteiger partial charge in [0.1, 0.15) is 11.6 Å². The van der Waals surface area contributed by atoms with Crippen molar-refractivity contribution in [2.45, 2.75) is 24.3 Å². The molecule has 3 aromatic carbocycles. The Labute approximate surface area is 196 Å². The monoisotopic (exact) mass is 483 g/mol. The number of sulfonamides is 1. The molecule has 1 saturated heterocycles. The zero-order valence-electron chi connectivity index (χ0n) is 18.4. The van der Waals surface area contributed by atoms with E-state index < -0.39 is 21.7 Å². The second kappa shape index (κ2) is 8.18. The summed E-state index contributed by atoms with van der Waals surface area (Å²) < 4.78 is 51.1. The molecule has 3 aromatic rings. The van der Waals surface area contributed by atoms with E-state index in [4.69, 9.17) is 5.14 Å². The third kappa shape index (κ3) is 3.95. The van der Waals surface area contributed by atoms with Crippen LogP contribution < -0.4 is 14.9 Å². The zero-order chi connectivity index (χ0) is 24.2. The summed E-state index contributed by atoms with van der Waals surface area (Å²) in [6.07, 6.45) is 0.653. The van der Waals surface area contributed by atoms with Gasteiger partial charge in [-0.2, -0.15) is 0 Å². The number of carbonyl (C=O) groups is 1. The van der Waals surface area contributed by atoms with Crippen molar-refractivity contribution in [3.05, 3.63) is 77.9 Å². The van der Waals surface area contributed by atoms with Gasteiger partial charge in [-0.15, -0.1) is 0 Å². The molecule has 1 amide bonds. The second-order valence-electron chi connectivity index (χ2n) is 8.87. The SMILES string of the molecule is CC1Cc2ccc(S(N)(=O)=O)cc2N1C(=O)C1CN(c2ccc(-c3cc(F)ccc3F)cc2)C1. The average molecular weight is 484 g/mol. The Hall–Kier alpha value is -3.30. The van der Waals surface area contributed by atoms with Crippen molar-refractivity contribution in [2.24, 2.45) is 11.1 Å². The normalized spacial score (nSPS) is 18.1. The van der Waals surface area contributed by atoms with Gasteiger partial charge in [0.2, 0.25) is 15.9 Å². The predicted molar refractivity (Wildman–Crippen MR) is 126 cm³/mol. The lowest BCUT2D eigenvalue weighted by molar-refractivity contribution is -0.123. The minimum absolute atomic E-state index is 0.0109. The fraction of sp³-hybridized carbons (Fsp3) is 0.240.